The first-order valence-electron chi connectivity index (χ1n) is 6.66. The normalized spacial score (nSPS) is 12.4. The van der Waals surface area contributed by atoms with Gasteiger partial charge in [-0.25, -0.2) is 4.98 Å². The molecule has 0 aliphatic rings. The second kappa shape index (κ2) is 5.17. The maximum atomic E-state index is 4.63. The van der Waals surface area contributed by atoms with Gasteiger partial charge >= 0.3 is 0 Å². The van der Waals surface area contributed by atoms with Gasteiger partial charge in [0.15, 0.2) is 0 Å². The van der Waals surface area contributed by atoms with Crippen LogP contribution in [-0.4, -0.2) is 16.1 Å². The number of hydrogen-bond acceptors (Lipinski definition) is 3. The van der Waals surface area contributed by atoms with Crippen LogP contribution in [0.5, 0.6) is 0 Å². The van der Waals surface area contributed by atoms with E-state index in [1.54, 1.807) is 0 Å². The third-order valence-electron chi connectivity index (χ3n) is 2.82. The molecular formula is C15H27N3. The first kappa shape index (κ1) is 14.8. The minimum absolute atomic E-state index is 0.0261. The highest BCUT2D eigenvalue weighted by Crippen LogP contribution is 2.21. The van der Waals surface area contributed by atoms with E-state index in [-0.39, 0.29) is 11.1 Å². The van der Waals surface area contributed by atoms with Gasteiger partial charge in [-0.15, -0.1) is 0 Å². The highest BCUT2D eigenvalue weighted by molar-refractivity contribution is 5.50. The monoisotopic (exact) mass is 249 g/mol. The first-order valence-corrected chi connectivity index (χ1v) is 6.66. The van der Waals surface area contributed by atoms with Gasteiger partial charge in [0.2, 0.25) is 0 Å². The summed E-state index contributed by atoms with van der Waals surface area (Å²) in [4.78, 5) is 4.63. The van der Waals surface area contributed by atoms with E-state index in [1.807, 2.05) is 0 Å². The van der Waals surface area contributed by atoms with Crippen LogP contribution in [0.2, 0.25) is 0 Å². The Bertz CT molecular complexity index is 403. The van der Waals surface area contributed by atoms with Crippen LogP contribution in [0.25, 0.3) is 0 Å². The van der Waals surface area contributed by atoms with E-state index in [0.717, 1.165) is 18.1 Å². The van der Waals surface area contributed by atoms with E-state index in [2.05, 4.69) is 76.2 Å². The van der Waals surface area contributed by atoms with Gasteiger partial charge in [0, 0.05) is 11.1 Å². The van der Waals surface area contributed by atoms with Gasteiger partial charge in [-0.2, -0.15) is 0 Å². The summed E-state index contributed by atoms with van der Waals surface area (Å²) >= 11 is 0. The summed E-state index contributed by atoms with van der Waals surface area (Å²) in [5.41, 5.74) is 1.31. The Hall–Kier alpha value is -1.25. The van der Waals surface area contributed by atoms with Crippen molar-refractivity contribution in [2.45, 2.75) is 66.0 Å². The van der Waals surface area contributed by atoms with Crippen molar-refractivity contribution in [2.24, 2.45) is 0 Å². The molecule has 0 aliphatic carbocycles. The van der Waals surface area contributed by atoms with E-state index in [1.165, 1.54) is 5.56 Å². The molecule has 1 aromatic heterocycles. The molecule has 0 aliphatic heterocycles. The largest absolute Gasteiger partial charge is 0.365 e. The standard InChI is InChI=1S/C15H27N3/c1-8-15(6,7)18-13-10-11(2)9-12(16-13)17-14(3,4)5/h9-10H,8H2,1-7H3,(H2,16,17,18). The van der Waals surface area contributed by atoms with Crippen LogP contribution in [0.4, 0.5) is 11.6 Å². The van der Waals surface area contributed by atoms with Crippen LogP contribution in [-0.2, 0) is 0 Å². The van der Waals surface area contributed by atoms with Gasteiger partial charge in [0.1, 0.15) is 11.6 Å². The smallest absolute Gasteiger partial charge is 0.129 e. The van der Waals surface area contributed by atoms with Crippen molar-refractivity contribution in [1.82, 2.24) is 4.98 Å². The number of aromatic nitrogens is 1. The molecule has 0 bridgehead atoms. The van der Waals surface area contributed by atoms with Crippen molar-refractivity contribution >= 4 is 11.6 Å². The van der Waals surface area contributed by atoms with Gasteiger partial charge in [0.25, 0.3) is 0 Å². The Morgan fingerprint density at radius 2 is 1.50 bits per heavy atom. The molecule has 0 aromatic carbocycles. The highest BCUT2D eigenvalue weighted by Gasteiger charge is 2.16. The van der Waals surface area contributed by atoms with E-state index in [9.17, 15) is 0 Å². The average molecular weight is 249 g/mol. The third-order valence-corrected chi connectivity index (χ3v) is 2.82. The Kier molecular flexibility index (Phi) is 4.25. The summed E-state index contributed by atoms with van der Waals surface area (Å²) in [6, 6.07) is 4.17. The van der Waals surface area contributed by atoms with E-state index < -0.39 is 0 Å². The second-order valence-corrected chi connectivity index (χ2v) is 6.65. The maximum absolute atomic E-state index is 4.63. The Morgan fingerprint density at radius 1 is 1.00 bits per heavy atom. The van der Waals surface area contributed by atoms with Crippen molar-refractivity contribution in [3.8, 4) is 0 Å². The minimum Gasteiger partial charge on any atom is -0.365 e. The molecule has 2 N–H and O–H groups in total. The van der Waals surface area contributed by atoms with Crippen LogP contribution in [0.1, 0.15) is 53.5 Å². The summed E-state index contributed by atoms with van der Waals surface area (Å²) in [6.07, 6.45) is 1.06. The molecular weight excluding hydrogens is 222 g/mol. The summed E-state index contributed by atoms with van der Waals surface area (Å²) in [5.74, 6) is 1.87. The lowest BCUT2D eigenvalue weighted by molar-refractivity contribution is 0.545. The van der Waals surface area contributed by atoms with Gasteiger partial charge in [-0.3, -0.25) is 0 Å². The quantitative estimate of drug-likeness (QED) is 0.839. The molecule has 0 radical (unpaired) electrons. The lowest BCUT2D eigenvalue weighted by atomic mass is 10.0. The lowest BCUT2D eigenvalue weighted by Crippen LogP contribution is -2.31. The summed E-state index contributed by atoms with van der Waals surface area (Å²) < 4.78 is 0. The minimum atomic E-state index is 0.0261. The zero-order valence-corrected chi connectivity index (χ0v) is 12.8. The van der Waals surface area contributed by atoms with Crippen molar-refractivity contribution in [1.29, 1.82) is 0 Å². The molecule has 3 heteroatoms. The van der Waals surface area contributed by atoms with Crippen molar-refractivity contribution in [3.05, 3.63) is 17.7 Å². The summed E-state index contributed by atoms with van der Waals surface area (Å²) in [5, 5.41) is 6.90. The van der Waals surface area contributed by atoms with Crippen LogP contribution in [0, 0.1) is 6.92 Å². The van der Waals surface area contributed by atoms with Gasteiger partial charge in [-0.1, -0.05) is 6.92 Å². The number of aryl methyl sites for hydroxylation is 1. The molecule has 0 spiro atoms. The predicted molar refractivity (Wildman–Crippen MR) is 80.3 cm³/mol. The van der Waals surface area contributed by atoms with Crippen molar-refractivity contribution < 1.29 is 0 Å². The van der Waals surface area contributed by atoms with Crippen LogP contribution in [0.15, 0.2) is 12.1 Å². The van der Waals surface area contributed by atoms with Crippen LogP contribution in [0.3, 0.4) is 0 Å². The molecule has 1 heterocycles. The number of pyridine rings is 1. The Morgan fingerprint density at radius 3 is 1.94 bits per heavy atom. The summed E-state index contributed by atoms with van der Waals surface area (Å²) in [6.45, 7) is 15.1. The molecule has 102 valence electrons. The molecule has 0 saturated carbocycles. The molecule has 1 aromatic rings. The molecule has 0 amide bonds. The number of hydrogen-bond donors (Lipinski definition) is 2. The predicted octanol–water partition coefficient (Wildman–Crippen LogP) is 4.20. The topological polar surface area (TPSA) is 37.0 Å². The van der Waals surface area contributed by atoms with Gasteiger partial charge < -0.3 is 10.6 Å². The van der Waals surface area contributed by atoms with Crippen LogP contribution >= 0.6 is 0 Å². The SMILES string of the molecule is CCC(C)(C)Nc1cc(C)cc(NC(C)(C)C)n1. The second-order valence-electron chi connectivity index (χ2n) is 6.65. The highest BCUT2D eigenvalue weighted by atomic mass is 15.1. The lowest BCUT2D eigenvalue weighted by Gasteiger charge is -2.27. The number of rotatable bonds is 4. The van der Waals surface area contributed by atoms with Crippen LogP contribution < -0.4 is 10.6 Å². The first-order chi connectivity index (χ1) is 8.11. The number of nitrogens with one attached hydrogen (secondary N) is 2. The Balaban J connectivity index is 2.94. The molecule has 1 rings (SSSR count). The maximum Gasteiger partial charge on any atom is 0.129 e. The molecule has 3 nitrogen and oxygen atoms in total. The van der Waals surface area contributed by atoms with E-state index in [0.29, 0.717) is 0 Å². The fourth-order valence-corrected chi connectivity index (χ4v) is 1.61. The molecule has 0 atom stereocenters. The fraction of sp³-hybridized carbons (Fsp3) is 0.667. The molecule has 0 unspecified atom stereocenters. The number of anilines is 2. The molecule has 0 saturated heterocycles. The Labute approximate surface area is 111 Å². The average Bonchev–Trinajstić information content (AvgIpc) is 2.12. The zero-order valence-electron chi connectivity index (χ0n) is 12.8. The van der Waals surface area contributed by atoms with Crippen molar-refractivity contribution in [2.75, 3.05) is 10.6 Å². The van der Waals surface area contributed by atoms with E-state index >= 15 is 0 Å². The molecule has 0 fully saturated rings. The van der Waals surface area contributed by atoms with Gasteiger partial charge in [0.05, 0.1) is 0 Å². The van der Waals surface area contributed by atoms with Gasteiger partial charge in [-0.05, 0) is 65.7 Å². The summed E-state index contributed by atoms with van der Waals surface area (Å²) in [7, 11) is 0. The third kappa shape index (κ3) is 4.94. The number of nitrogens with zero attached hydrogens (tertiary/aromatic N) is 1. The van der Waals surface area contributed by atoms with E-state index in [4.69, 9.17) is 0 Å². The zero-order chi connectivity index (χ0) is 14.0. The fourth-order valence-electron chi connectivity index (χ4n) is 1.61. The van der Waals surface area contributed by atoms with Crippen molar-refractivity contribution in [3.63, 3.8) is 0 Å². The molecule has 18 heavy (non-hydrogen) atoms.